The van der Waals surface area contributed by atoms with Gasteiger partial charge < -0.3 is 13.7 Å². The summed E-state index contributed by atoms with van der Waals surface area (Å²) in [6.07, 6.45) is 0. The zero-order chi connectivity index (χ0) is 42.0. The molecule has 12 rings (SSSR count). The van der Waals surface area contributed by atoms with E-state index >= 15 is 0 Å². The van der Waals surface area contributed by atoms with E-state index in [1.807, 2.05) is 54.6 Å². The molecule has 63 heavy (non-hydrogen) atoms. The van der Waals surface area contributed by atoms with E-state index in [1.54, 1.807) is 0 Å². The van der Waals surface area contributed by atoms with Crippen molar-refractivity contribution in [2.24, 2.45) is 0 Å². The zero-order valence-corrected chi connectivity index (χ0v) is 33.7. The van der Waals surface area contributed by atoms with Gasteiger partial charge in [-0.3, -0.25) is 0 Å². The average Bonchev–Trinajstić information content (AvgIpc) is 3.95. The van der Waals surface area contributed by atoms with Crippen LogP contribution in [0, 0.1) is 22.7 Å². The van der Waals surface area contributed by atoms with Gasteiger partial charge in [0.2, 0.25) is 0 Å². The number of benzene rings is 10. The first kappa shape index (κ1) is 36.0. The van der Waals surface area contributed by atoms with Gasteiger partial charge in [-0.2, -0.15) is 10.5 Å². The van der Waals surface area contributed by atoms with Crippen LogP contribution in [0.4, 0.5) is 17.1 Å². The van der Waals surface area contributed by atoms with Crippen LogP contribution < -0.4 is 4.90 Å². The highest BCUT2D eigenvalue weighted by Gasteiger charge is 2.21. The molecule has 0 unspecified atom stereocenters. The number of hydrogen-bond donors (Lipinski definition) is 0. The number of rotatable bonds is 6. The summed E-state index contributed by atoms with van der Waals surface area (Å²) in [6.45, 7) is 0. The first-order valence-corrected chi connectivity index (χ1v) is 20.9. The third kappa shape index (κ3) is 5.76. The molecule has 0 aliphatic rings. The van der Waals surface area contributed by atoms with Crippen molar-refractivity contribution in [2.75, 3.05) is 4.90 Å². The zero-order valence-electron chi connectivity index (χ0n) is 33.7. The number of nitriles is 2. The highest BCUT2D eigenvalue weighted by Crippen LogP contribution is 2.44. The van der Waals surface area contributed by atoms with E-state index in [4.69, 9.17) is 8.83 Å². The Labute approximate surface area is 362 Å². The summed E-state index contributed by atoms with van der Waals surface area (Å²) >= 11 is 0. The molecule has 292 valence electrons. The quantitative estimate of drug-likeness (QED) is 0.167. The minimum atomic E-state index is 0.525. The molecule has 0 saturated carbocycles. The lowest BCUT2D eigenvalue weighted by Crippen LogP contribution is -2.09. The van der Waals surface area contributed by atoms with E-state index in [-0.39, 0.29) is 0 Å². The van der Waals surface area contributed by atoms with Gasteiger partial charge in [-0.05, 0) is 92.3 Å². The SMILES string of the molecule is N#Cc1cc2ccccc2c2c1oc1c(-c3ccc(N(c4ccc(-c5ccccc5)cc4)c4ccc(-c5cccc6c5oc5c(C#N)cc7ccccc7c56)cc4)cc3)cccc12. The van der Waals surface area contributed by atoms with Gasteiger partial charge in [0.15, 0.2) is 11.2 Å². The Bertz CT molecular complexity index is 3630. The van der Waals surface area contributed by atoms with E-state index in [1.165, 1.54) is 0 Å². The van der Waals surface area contributed by atoms with Gasteiger partial charge in [-0.25, -0.2) is 0 Å². The molecule has 0 saturated heterocycles. The van der Waals surface area contributed by atoms with E-state index in [0.29, 0.717) is 22.3 Å². The molecule has 0 radical (unpaired) electrons. The smallest absolute Gasteiger partial charge is 0.153 e. The van der Waals surface area contributed by atoms with Crippen molar-refractivity contribution in [2.45, 2.75) is 0 Å². The fraction of sp³-hybridized carbons (Fsp3) is 0. The van der Waals surface area contributed by atoms with Gasteiger partial charge in [0.05, 0.1) is 11.1 Å². The molecule has 0 aliphatic carbocycles. The predicted octanol–water partition coefficient (Wildman–Crippen LogP) is 16.0. The molecule has 5 heteroatoms. The predicted molar refractivity (Wildman–Crippen MR) is 256 cm³/mol. The first-order valence-electron chi connectivity index (χ1n) is 20.9. The molecule has 2 aromatic heterocycles. The van der Waals surface area contributed by atoms with Crippen LogP contribution in [0.5, 0.6) is 0 Å². The molecule has 0 N–H and O–H groups in total. The van der Waals surface area contributed by atoms with Crippen LogP contribution in [0.15, 0.2) is 209 Å². The molecule has 5 nitrogen and oxygen atoms in total. The van der Waals surface area contributed by atoms with Crippen LogP contribution in [0.3, 0.4) is 0 Å². The lowest BCUT2D eigenvalue weighted by molar-refractivity contribution is 0.668. The molecule has 10 aromatic carbocycles. The van der Waals surface area contributed by atoms with Crippen LogP contribution in [0.25, 0.3) is 98.8 Å². The van der Waals surface area contributed by atoms with Gasteiger partial charge in [0.1, 0.15) is 23.3 Å². The number of nitrogens with zero attached hydrogens (tertiary/aromatic N) is 3. The van der Waals surface area contributed by atoms with Crippen molar-refractivity contribution < 1.29 is 8.83 Å². The second-order valence-electron chi connectivity index (χ2n) is 15.8. The van der Waals surface area contributed by atoms with Gasteiger partial charge in [0.25, 0.3) is 0 Å². The molecular weight excluding hydrogens is 771 g/mol. The maximum absolute atomic E-state index is 10.1. The summed E-state index contributed by atoms with van der Waals surface area (Å²) in [5.74, 6) is 0. The fourth-order valence-electron chi connectivity index (χ4n) is 9.38. The van der Waals surface area contributed by atoms with Gasteiger partial charge in [-0.15, -0.1) is 0 Å². The Morgan fingerprint density at radius 3 is 1.16 bits per heavy atom. The molecule has 0 fully saturated rings. The second-order valence-corrected chi connectivity index (χ2v) is 15.8. The Balaban J connectivity index is 0.964. The highest BCUT2D eigenvalue weighted by atomic mass is 16.3. The minimum Gasteiger partial charge on any atom is -0.454 e. The van der Waals surface area contributed by atoms with Crippen LogP contribution >= 0.6 is 0 Å². The van der Waals surface area contributed by atoms with Crippen LogP contribution in [0.2, 0.25) is 0 Å². The monoisotopic (exact) mass is 803 g/mol. The largest absolute Gasteiger partial charge is 0.454 e. The first-order chi connectivity index (χ1) is 31.1. The molecule has 2 heterocycles. The number of anilines is 3. The van der Waals surface area contributed by atoms with Crippen molar-refractivity contribution in [3.8, 4) is 45.5 Å². The van der Waals surface area contributed by atoms with Crippen LogP contribution in [-0.4, -0.2) is 0 Å². The maximum atomic E-state index is 10.1. The lowest BCUT2D eigenvalue weighted by atomic mass is 9.98. The van der Waals surface area contributed by atoms with Gasteiger partial charge >= 0.3 is 0 Å². The minimum absolute atomic E-state index is 0.525. The van der Waals surface area contributed by atoms with E-state index in [2.05, 4.69) is 163 Å². The Kier molecular flexibility index (Phi) is 8.22. The summed E-state index contributed by atoms with van der Waals surface area (Å²) < 4.78 is 13.2. The summed E-state index contributed by atoms with van der Waals surface area (Å²) in [7, 11) is 0. The summed E-state index contributed by atoms with van der Waals surface area (Å²) in [4.78, 5) is 2.27. The Morgan fingerprint density at radius 2 is 0.714 bits per heavy atom. The molecule has 0 aliphatic heterocycles. The van der Waals surface area contributed by atoms with Gasteiger partial charge in [-0.1, -0.05) is 152 Å². The molecule has 0 spiro atoms. The van der Waals surface area contributed by atoms with Crippen molar-refractivity contribution in [3.05, 3.63) is 211 Å². The Morgan fingerprint density at radius 1 is 0.333 bits per heavy atom. The summed E-state index contributed by atoms with van der Waals surface area (Å²) in [5.41, 5.74) is 13.0. The van der Waals surface area contributed by atoms with E-state index in [9.17, 15) is 10.5 Å². The summed E-state index contributed by atoms with van der Waals surface area (Å²) in [5, 5.41) is 28.3. The van der Waals surface area contributed by atoms with Crippen LogP contribution in [-0.2, 0) is 0 Å². The van der Waals surface area contributed by atoms with Crippen molar-refractivity contribution in [1.82, 2.24) is 0 Å². The molecule has 0 atom stereocenters. The third-order valence-electron chi connectivity index (χ3n) is 12.3. The molecule has 0 amide bonds. The standard InChI is InChI=1S/C58H33N3O2/c59-34-42-32-40-12-4-6-14-47(40)53-51-18-8-16-49(57(51)62-55(42)53)38-22-28-45(29-23-38)61(44-26-20-37(21-27-44)36-10-2-1-3-11-36)46-30-24-39(25-31-46)50-17-9-19-52-54-48-15-7-5-13-41(48)33-43(35-60)56(54)63-58(50)52/h1-33H. The number of para-hydroxylation sites is 2. The number of hydrogen-bond acceptors (Lipinski definition) is 5. The molecule has 12 aromatic rings. The summed E-state index contributed by atoms with van der Waals surface area (Å²) in [6, 6.07) is 73.6. The van der Waals surface area contributed by atoms with Crippen molar-refractivity contribution in [1.29, 1.82) is 10.5 Å². The molecular formula is C58H33N3O2. The van der Waals surface area contributed by atoms with E-state index in [0.717, 1.165) is 105 Å². The van der Waals surface area contributed by atoms with Crippen molar-refractivity contribution in [3.63, 3.8) is 0 Å². The number of fused-ring (bicyclic) bond motifs is 10. The topological polar surface area (TPSA) is 77.1 Å². The third-order valence-corrected chi connectivity index (χ3v) is 12.3. The van der Waals surface area contributed by atoms with Crippen LogP contribution in [0.1, 0.15) is 11.1 Å². The highest BCUT2D eigenvalue weighted by molar-refractivity contribution is 6.23. The van der Waals surface area contributed by atoms with Gasteiger partial charge in [0, 0.05) is 49.7 Å². The second kappa shape index (κ2) is 14.4. The van der Waals surface area contributed by atoms with Crippen molar-refractivity contribution >= 4 is 82.5 Å². The Hall–Kier alpha value is -8.90. The fourth-order valence-corrected chi connectivity index (χ4v) is 9.38. The lowest BCUT2D eigenvalue weighted by Gasteiger charge is -2.26. The maximum Gasteiger partial charge on any atom is 0.153 e. The van der Waals surface area contributed by atoms with E-state index < -0.39 is 0 Å². The number of furan rings is 2. The molecule has 0 bridgehead atoms. The average molecular weight is 804 g/mol. The normalized spacial score (nSPS) is 11.5.